The van der Waals surface area contributed by atoms with Gasteiger partial charge in [-0.25, -0.2) is 4.98 Å². The zero-order chi connectivity index (χ0) is 18.1. The topological polar surface area (TPSA) is 106 Å². The summed E-state index contributed by atoms with van der Waals surface area (Å²) in [5, 5.41) is 7.32. The van der Waals surface area contributed by atoms with E-state index in [1.807, 2.05) is 6.92 Å². The van der Waals surface area contributed by atoms with Gasteiger partial charge in [0, 0.05) is 18.1 Å². The van der Waals surface area contributed by atoms with Gasteiger partial charge in [-0.15, -0.1) is 0 Å². The zero-order valence-electron chi connectivity index (χ0n) is 14.4. The highest BCUT2D eigenvalue weighted by atomic mass is 16.3. The Morgan fingerprint density at radius 3 is 3.08 bits per heavy atom. The van der Waals surface area contributed by atoms with Gasteiger partial charge in [0.2, 0.25) is 11.9 Å². The van der Waals surface area contributed by atoms with Crippen molar-refractivity contribution < 1.29 is 9.21 Å². The lowest BCUT2D eigenvalue weighted by molar-refractivity contribution is -0.116. The highest BCUT2D eigenvalue weighted by Crippen LogP contribution is 2.25. The average molecular weight is 353 g/mol. The van der Waals surface area contributed by atoms with Crippen LogP contribution >= 0.6 is 0 Å². The Labute approximate surface area is 149 Å². The molecule has 8 nitrogen and oxygen atoms in total. The highest BCUT2D eigenvalue weighted by molar-refractivity contribution is 5.90. The quantitative estimate of drug-likeness (QED) is 0.733. The van der Waals surface area contributed by atoms with E-state index in [0.29, 0.717) is 29.6 Å². The van der Waals surface area contributed by atoms with Crippen LogP contribution in [0.25, 0.3) is 17.4 Å². The van der Waals surface area contributed by atoms with Crippen LogP contribution in [-0.4, -0.2) is 25.7 Å². The van der Waals surface area contributed by atoms with E-state index >= 15 is 0 Å². The molecule has 26 heavy (non-hydrogen) atoms. The minimum absolute atomic E-state index is 0.122. The lowest BCUT2D eigenvalue weighted by Crippen LogP contribution is -2.21. The van der Waals surface area contributed by atoms with Crippen molar-refractivity contribution >= 4 is 11.7 Å². The molecule has 8 heteroatoms. The second-order valence-corrected chi connectivity index (χ2v) is 6.27. The summed E-state index contributed by atoms with van der Waals surface area (Å²) in [6, 6.07) is 5.25. The molecule has 0 atom stereocenters. The number of aryl methyl sites for hydroxylation is 1. The number of anilines is 1. The van der Waals surface area contributed by atoms with Gasteiger partial charge in [-0.3, -0.25) is 14.6 Å². The molecule has 4 rings (SSSR count). The third-order valence-electron chi connectivity index (χ3n) is 4.36. The number of carbonyl (C=O) groups excluding carboxylic acids is 1. The SMILES string of the molecule is CCCC(=O)Nc1cc(-c2ccco2)nn1-c1nc2c(c(=O)[nH]1)CCC2. The molecule has 0 aromatic carbocycles. The van der Waals surface area contributed by atoms with Crippen molar-refractivity contribution in [2.75, 3.05) is 5.32 Å². The van der Waals surface area contributed by atoms with Gasteiger partial charge in [0.25, 0.3) is 5.56 Å². The third kappa shape index (κ3) is 2.94. The summed E-state index contributed by atoms with van der Waals surface area (Å²) in [5.74, 6) is 1.18. The molecule has 0 spiro atoms. The number of hydrogen-bond acceptors (Lipinski definition) is 5. The number of rotatable bonds is 5. The fraction of sp³-hybridized carbons (Fsp3) is 0.333. The summed E-state index contributed by atoms with van der Waals surface area (Å²) < 4.78 is 6.84. The van der Waals surface area contributed by atoms with Crippen molar-refractivity contribution in [3.63, 3.8) is 0 Å². The van der Waals surface area contributed by atoms with E-state index in [4.69, 9.17) is 4.42 Å². The number of nitrogens with zero attached hydrogens (tertiary/aromatic N) is 3. The van der Waals surface area contributed by atoms with E-state index in [9.17, 15) is 9.59 Å². The van der Waals surface area contributed by atoms with Crippen LogP contribution in [0.3, 0.4) is 0 Å². The monoisotopic (exact) mass is 353 g/mol. The summed E-state index contributed by atoms with van der Waals surface area (Å²) in [6.07, 6.45) is 5.13. The number of fused-ring (bicyclic) bond motifs is 1. The Bertz CT molecular complexity index is 1000. The maximum Gasteiger partial charge on any atom is 0.255 e. The van der Waals surface area contributed by atoms with E-state index in [-0.39, 0.29) is 11.5 Å². The smallest absolute Gasteiger partial charge is 0.255 e. The first-order valence-corrected chi connectivity index (χ1v) is 8.72. The molecule has 3 aromatic rings. The second kappa shape index (κ2) is 6.62. The van der Waals surface area contributed by atoms with Crippen LogP contribution in [0.2, 0.25) is 0 Å². The van der Waals surface area contributed by atoms with Gasteiger partial charge in [-0.05, 0) is 37.8 Å². The number of aromatic amines is 1. The van der Waals surface area contributed by atoms with Gasteiger partial charge in [-0.1, -0.05) is 6.92 Å². The lowest BCUT2D eigenvalue weighted by Gasteiger charge is -2.08. The third-order valence-corrected chi connectivity index (χ3v) is 4.36. The Hall–Kier alpha value is -3.16. The minimum Gasteiger partial charge on any atom is -0.463 e. The van der Waals surface area contributed by atoms with E-state index in [1.165, 1.54) is 4.68 Å². The van der Waals surface area contributed by atoms with Crippen LogP contribution in [0.5, 0.6) is 0 Å². The molecule has 0 saturated heterocycles. The number of amides is 1. The fourth-order valence-corrected chi connectivity index (χ4v) is 3.14. The molecule has 0 radical (unpaired) electrons. The van der Waals surface area contributed by atoms with Gasteiger partial charge in [0.05, 0.1) is 12.0 Å². The first-order valence-electron chi connectivity index (χ1n) is 8.72. The normalized spacial score (nSPS) is 13.0. The molecule has 1 amide bonds. The van der Waals surface area contributed by atoms with E-state index in [0.717, 1.165) is 36.9 Å². The predicted molar refractivity (Wildman–Crippen MR) is 95.2 cm³/mol. The summed E-state index contributed by atoms with van der Waals surface area (Å²) >= 11 is 0. The number of carbonyl (C=O) groups is 1. The van der Waals surface area contributed by atoms with E-state index in [2.05, 4.69) is 20.4 Å². The molecule has 1 aliphatic carbocycles. The maximum atomic E-state index is 12.3. The minimum atomic E-state index is -0.150. The van der Waals surface area contributed by atoms with Crippen molar-refractivity contribution in [3.05, 3.63) is 46.1 Å². The van der Waals surface area contributed by atoms with Crippen molar-refractivity contribution in [2.24, 2.45) is 0 Å². The van der Waals surface area contributed by atoms with Crippen LogP contribution in [-0.2, 0) is 17.6 Å². The predicted octanol–water partition coefficient (Wildman–Crippen LogP) is 2.44. The van der Waals surface area contributed by atoms with Crippen LogP contribution in [0, 0.1) is 0 Å². The number of aromatic nitrogens is 4. The largest absolute Gasteiger partial charge is 0.463 e. The summed E-state index contributed by atoms with van der Waals surface area (Å²) in [7, 11) is 0. The lowest BCUT2D eigenvalue weighted by atomic mass is 10.3. The molecule has 0 fully saturated rings. The van der Waals surface area contributed by atoms with Gasteiger partial charge < -0.3 is 9.73 Å². The summed E-state index contributed by atoms with van der Waals surface area (Å²) in [6.45, 7) is 1.94. The van der Waals surface area contributed by atoms with E-state index < -0.39 is 0 Å². The molecule has 134 valence electrons. The number of nitrogens with one attached hydrogen (secondary N) is 2. The van der Waals surface area contributed by atoms with Gasteiger partial charge >= 0.3 is 0 Å². The summed E-state index contributed by atoms with van der Waals surface area (Å²) in [4.78, 5) is 31.7. The molecule has 3 heterocycles. The molecule has 0 aliphatic heterocycles. The molecular weight excluding hydrogens is 334 g/mol. The fourth-order valence-electron chi connectivity index (χ4n) is 3.14. The molecule has 0 unspecified atom stereocenters. The summed E-state index contributed by atoms with van der Waals surface area (Å²) in [5.41, 5.74) is 1.93. The second-order valence-electron chi connectivity index (χ2n) is 6.27. The Balaban J connectivity index is 1.80. The average Bonchev–Trinajstić information content (AvgIpc) is 3.35. The van der Waals surface area contributed by atoms with Crippen molar-refractivity contribution in [1.82, 2.24) is 19.7 Å². The van der Waals surface area contributed by atoms with Crippen LogP contribution in [0.1, 0.15) is 37.4 Å². The van der Waals surface area contributed by atoms with Crippen molar-refractivity contribution in [2.45, 2.75) is 39.0 Å². The van der Waals surface area contributed by atoms with Gasteiger partial charge in [0.1, 0.15) is 11.5 Å². The molecule has 3 aromatic heterocycles. The van der Waals surface area contributed by atoms with Crippen LogP contribution in [0.15, 0.2) is 33.7 Å². The Kier molecular flexibility index (Phi) is 4.16. The zero-order valence-corrected chi connectivity index (χ0v) is 14.4. The molecule has 0 bridgehead atoms. The Morgan fingerprint density at radius 2 is 2.31 bits per heavy atom. The number of furan rings is 1. The molecule has 1 aliphatic rings. The van der Waals surface area contributed by atoms with Gasteiger partial charge in [-0.2, -0.15) is 9.78 Å². The molecule has 0 saturated carbocycles. The number of H-pyrrole nitrogens is 1. The van der Waals surface area contributed by atoms with Crippen LogP contribution in [0.4, 0.5) is 5.82 Å². The first-order chi connectivity index (χ1) is 12.7. The van der Waals surface area contributed by atoms with Crippen LogP contribution < -0.4 is 10.9 Å². The molecule has 2 N–H and O–H groups in total. The highest BCUT2D eigenvalue weighted by Gasteiger charge is 2.21. The standard InChI is InChI=1S/C18H19N5O3/c1-2-5-16(24)20-15-10-13(14-8-4-9-26-14)22-23(15)18-19-12-7-3-6-11(12)17(25)21-18/h4,8-10H,2-3,5-7H2,1H3,(H,20,24)(H,19,21,25). The van der Waals surface area contributed by atoms with Crippen molar-refractivity contribution in [3.8, 4) is 17.4 Å². The first kappa shape index (κ1) is 16.3. The van der Waals surface area contributed by atoms with Crippen molar-refractivity contribution in [1.29, 1.82) is 0 Å². The van der Waals surface area contributed by atoms with E-state index in [1.54, 1.807) is 24.5 Å². The van der Waals surface area contributed by atoms with Gasteiger partial charge in [0.15, 0.2) is 5.76 Å². The Morgan fingerprint density at radius 1 is 1.42 bits per heavy atom. The molecular formula is C18H19N5O3. The number of hydrogen-bond donors (Lipinski definition) is 2. The maximum absolute atomic E-state index is 12.3.